The molecular weight excluding hydrogens is 334 g/mol. The number of carbonyl (C=O) groups is 2. The van der Waals surface area contributed by atoms with Crippen molar-refractivity contribution >= 4 is 11.7 Å². The maximum absolute atomic E-state index is 13.2. The SMILES string of the molecule is O=C(NC12CC3CC(CC(C3)C1)C2)c1ccccc1C(=O)c1ccccc1. The van der Waals surface area contributed by atoms with E-state index in [4.69, 9.17) is 0 Å². The quantitative estimate of drug-likeness (QED) is 0.810. The highest BCUT2D eigenvalue weighted by Gasteiger charge is 2.51. The average molecular weight is 359 g/mol. The van der Waals surface area contributed by atoms with Crippen molar-refractivity contribution in [2.24, 2.45) is 17.8 Å². The van der Waals surface area contributed by atoms with Crippen LogP contribution in [-0.4, -0.2) is 17.2 Å². The van der Waals surface area contributed by atoms with Crippen molar-refractivity contribution in [2.45, 2.75) is 44.1 Å². The largest absolute Gasteiger partial charge is 0.347 e. The Kier molecular flexibility index (Phi) is 3.92. The molecule has 0 aromatic heterocycles. The minimum absolute atomic E-state index is 0.0469. The van der Waals surface area contributed by atoms with E-state index in [2.05, 4.69) is 5.32 Å². The fourth-order valence-corrected chi connectivity index (χ4v) is 6.20. The summed E-state index contributed by atoms with van der Waals surface area (Å²) in [4.78, 5) is 26.2. The first-order valence-electron chi connectivity index (χ1n) is 10.1. The van der Waals surface area contributed by atoms with Crippen LogP contribution < -0.4 is 5.32 Å². The van der Waals surface area contributed by atoms with E-state index in [1.807, 2.05) is 30.3 Å². The summed E-state index contributed by atoms with van der Waals surface area (Å²) in [6.07, 6.45) is 7.37. The molecule has 1 amide bonds. The van der Waals surface area contributed by atoms with Crippen molar-refractivity contribution in [1.82, 2.24) is 5.32 Å². The number of nitrogens with one attached hydrogen (secondary N) is 1. The Morgan fingerprint density at radius 2 is 1.26 bits per heavy atom. The number of rotatable bonds is 4. The van der Waals surface area contributed by atoms with Crippen molar-refractivity contribution in [2.75, 3.05) is 0 Å². The Balaban J connectivity index is 1.42. The first-order chi connectivity index (χ1) is 13.1. The normalized spacial score (nSPS) is 30.9. The zero-order chi connectivity index (χ0) is 18.4. The van der Waals surface area contributed by atoms with Crippen molar-refractivity contribution in [3.63, 3.8) is 0 Å². The maximum Gasteiger partial charge on any atom is 0.252 e. The van der Waals surface area contributed by atoms with Gasteiger partial charge in [-0.15, -0.1) is 0 Å². The van der Waals surface area contributed by atoms with Crippen LogP contribution >= 0.6 is 0 Å². The lowest BCUT2D eigenvalue weighted by Crippen LogP contribution is -2.59. The molecule has 4 aliphatic carbocycles. The monoisotopic (exact) mass is 359 g/mol. The molecule has 0 aliphatic heterocycles. The molecular formula is C24H25NO2. The summed E-state index contributed by atoms with van der Waals surface area (Å²) >= 11 is 0. The highest BCUT2D eigenvalue weighted by molar-refractivity contribution is 6.15. The lowest BCUT2D eigenvalue weighted by Gasteiger charge is -2.56. The number of benzene rings is 2. The van der Waals surface area contributed by atoms with Gasteiger partial charge in [0.05, 0.1) is 5.56 Å². The third-order valence-corrected chi connectivity index (χ3v) is 6.87. The predicted molar refractivity (Wildman–Crippen MR) is 105 cm³/mol. The molecule has 1 N–H and O–H groups in total. The van der Waals surface area contributed by atoms with Gasteiger partial charge in [0.2, 0.25) is 0 Å². The average Bonchev–Trinajstić information content (AvgIpc) is 2.66. The molecule has 27 heavy (non-hydrogen) atoms. The van der Waals surface area contributed by atoms with E-state index in [0.717, 1.165) is 37.0 Å². The predicted octanol–water partition coefficient (Wildman–Crippen LogP) is 4.62. The Morgan fingerprint density at radius 3 is 1.85 bits per heavy atom. The van der Waals surface area contributed by atoms with Gasteiger partial charge >= 0.3 is 0 Å². The smallest absolute Gasteiger partial charge is 0.252 e. The Morgan fingerprint density at radius 1 is 0.741 bits per heavy atom. The molecule has 4 aliphatic rings. The summed E-state index contributed by atoms with van der Waals surface area (Å²) in [6, 6.07) is 16.4. The summed E-state index contributed by atoms with van der Waals surface area (Å²) in [6.45, 7) is 0. The molecule has 0 spiro atoms. The molecule has 2 aromatic rings. The Bertz CT molecular complexity index is 851. The molecule has 4 bridgehead atoms. The fraction of sp³-hybridized carbons (Fsp3) is 0.417. The van der Waals surface area contributed by atoms with Gasteiger partial charge in [0.15, 0.2) is 5.78 Å². The maximum atomic E-state index is 13.2. The molecule has 6 rings (SSSR count). The Labute approximate surface area is 160 Å². The second-order valence-electron chi connectivity index (χ2n) is 8.89. The van der Waals surface area contributed by atoms with Crippen molar-refractivity contribution in [1.29, 1.82) is 0 Å². The summed E-state index contributed by atoms with van der Waals surface area (Å²) in [5.41, 5.74) is 1.56. The zero-order valence-electron chi connectivity index (χ0n) is 15.5. The molecule has 0 atom stereocenters. The van der Waals surface area contributed by atoms with Crippen LogP contribution in [0.5, 0.6) is 0 Å². The van der Waals surface area contributed by atoms with Gasteiger partial charge in [-0.25, -0.2) is 0 Å². The number of carbonyl (C=O) groups excluding carboxylic acids is 2. The van der Waals surface area contributed by atoms with Gasteiger partial charge < -0.3 is 5.32 Å². The van der Waals surface area contributed by atoms with Crippen LogP contribution in [-0.2, 0) is 0 Å². The standard InChI is InChI=1S/C24H25NO2/c26-22(19-6-2-1-3-7-19)20-8-4-5-9-21(20)23(27)25-24-13-16-10-17(14-24)12-18(11-16)15-24/h1-9,16-18H,10-15H2,(H,25,27). The summed E-state index contributed by atoms with van der Waals surface area (Å²) in [5.74, 6) is 2.15. The topological polar surface area (TPSA) is 46.2 Å². The van der Waals surface area contributed by atoms with E-state index in [0.29, 0.717) is 16.7 Å². The minimum atomic E-state index is -0.0909. The Hall–Kier alpha value is -2.42. The number of amides is 1. The molecule has 4 saturated carbocycles. The van der Waals surface area contributed by atoms with Crippen LogP contribution in [0, 0.1) is 17.8 Å². The number of ketones is 1. The highest BCUT2D eigenvalue weighted by Crippen LogP contribution is 2.55. The molecule has 138 valence electrons. The molecule has 3 heteroatoms. The number of hydrogen-bond donors (Lipinski definition) is 1. The molecule has 0 heterocycles. The second-order valence-corrected chi connectivity index (χ2v) is 8.89. The highest BCUT2D eigenvalue weighted by atomic mass is 16.2. The molecule has 0 radical (unpaired) electrons. The number of hydrogen-bond acceptors (Lipinski definition) is 2. The molecule has 2 aromatic carbocycles. The lowest BCUT2D eigenvalue weighted by atomic mass is 9.53. The molecule has 0 saturated heterocycles. The first kappa shape index (κ1) is 16.7. The van der Waals surface area contributed by atoms with Crippen molar-refractivity contribution in [3.8, 4) is 0 Å². The van der Waals surface area contributed by atoms with Gasteiger partial charge in [-0.05, 0) is 62.3 Å². The second kappa shape index (κ2) is 6.33. The first-order valence-corrected chi connectivity index (χ1v) is 10.1. The van der Waals surface area contributed by atoms with E-state index >= 15 is 0 Å². The third kappa shape index (κ3) is 2.99. The van der Waals surface area contributed by atoms with E-state index < -0.39 is 0 Å². The van der Waals surface area contributed by atoms with E-state index in [-0.39, 0.29) is 17.2 Å². The van der Waals surface area contributed by atoms with Crippen LogP contribution in [0.1, 0.15) is 64.8 Å². The van der Waals surface area contributed by atoms with Gasteiger partial charge in [-0.2, -0.15) is 0 Å². The van der Waals surface area contributed by atoms with E-state index in [1.54, 1.807) is 24.3 Å². The summed E-state index contributed by atoms with van der Waals surface area (Å²) in [7, 11) is 0. The van der Waals surface area contributed by atoms with E-state index in [1.165, 1.54) is 19.3 Å². The van der Waals surface area contributed by atoms with Gasteiger partial charge in [0.25, 0.3) is 5.91 Å². The third-order valence-electron chi connectivity index (χ3n) is 6.87. The van der Waals surface area contributed by atoms with Crippen LogP contribution in [0.15, 0.2) is 54.6 Å². The van der Waals surface area contributed by atoms with Crippen LogP contribution in [0.3, 0.4) is 0 Å². The van der Waals surface area contributed by atoms with Gasteiger partial charge in [0, 0.05) is 16.7 Å². The lowest BCUT2D eigenvalue weighted by molar-refractivity contribution is -0.0167. The van der Waals surface area contributed by atoms with Gasteiger partial charge in [0.1, 0.15) is 0 Å². The van der Waals surface area contributed by atoms with E-state index in [9.17, 15) is 9.59 Å². The fourth-order valence-electron chi connectivity index (χ4n) is 6.20. The molecule has 3 nitrogen and oxygen atoms in total. The summed E-state index contributed by atoms with van der Waals surface area (Å²) in [5, 5.41) is 3.40. The van der Waals surface area contributed by atoms with Crippen LogP contribution in [0.4, 0.5) is 0 Å². The molecule has 4 fully saturated rings. The minimum Gasteiger partial charge on any atom is -0.347 e. The van der Waals surface area contributed by atoms with Crippen LogP contribution in [0.2, 0.25) is 0 Å². The van der Waals surface area contributed by atoms with Crippen molar-refractivity contribution < 1.29 is 9.59 Å². The summed E-state index contributed by atoms with van der Waals surface area (Å²) < 4.78 is 0. The van der Waals surface area contributed by atoms with Crippen molar-refractivity contribution in [3.05, 3.63) is 71.3 Å². The molecule has 0 unspecified atom stereocenters. The zero-order valence-corrected chi connectivity index (χ0v) is 15.5. The van der Waals surface area contributed by atoms with Crippen LogP contribution in [0.25, 0.3) is 0 Å². The van der Waals surface area contributed by atoms with Gasteiger partial charge in [-0.1, -0.05) is 48.5 Å². The van der Waals surface area contributed by atoms with Gasteiger partial charge in [-0.3, -0.25) is 9.59 Å².